The van der Waals surface area contributed by atoms with Crippen molar-refractivity contribution in [3.05, 3.63) is 41.7 Å². The summed E-state index contributed by atoms with van der Waals surface area (Å²) in [5.74, 6) is -0.407. The number of nitrogens with zero attached hydrogens (tertiary/aromatic N) is 1. The summed E-state index contributed by atoms with van der Waals surface area (Å²) in [4.78, 5) is 11.0. The molecular weight excluding hydrogens is 224 g/mol. The molecule has 1 aliphatic carbocycles. The number of primary amides is 1. The molecule has 82 valence electrons. The van der Waals surface area contributed by atoms with Crippen molar-refractivity contribution in [3.63, 3.8) is 0 Å². The van der Waals surface area contributed by atoms with Crippen LogP contribution in [0.2, 0.25) is 0 Å². The first-order valence-electron chi connectivity index (χ1n) is 5.21. The van der Waals surface area contributed by atoms with Gasteiger partial charge in [-0.05, 0) is 31.0 Å². The summed E-state index contributed by atoms with van der Waals surface area (Å²) in [7, 11) is 0. The third kappa shape index (κ3) is 1.25. The summed E-state index contributed by atoms with van der Waals surface area (Å²) in [6.45, 7) is 0. The van der Waals surface area contributed by atoms with E-state index >= 15 is 0 Å². The van der Waals surface area contributed by atoms with E-state index in [0.717, 1.165) is 24.1 Å². The van der Waals surface area contributed by atoms with Gasteiger partial charge in [-0.25, -0.2) is 0 Å². The minimum absolute atomic E-state index is 0.294. The number of nitrogens with two attached hydrogens (primary N) is 1. The average molecular weight is 235 g/mol. The molecule has 2 heterocycles. The second-order valence-electron chi connectivity index (χ2n) is 4.23. The van der Waals surface area contributed by atoms with E-state index in [4.69, 9.17) is 17.3 Å². The number of halogens is 1. The summed E-state index contributed by atoms with van der Waals surface area (Å²) in [5.41, 5.74) is 7.71. The van der Waals surface area contributed by atoms with Crippen LogP contribution >= 0.6 is 11.6 Å². The third-order valence-corrected chi connectivity index (χ3v) is 3.66. The first kappa shape index (κ1) is 9.73. The number of carbonyl (C=O) groups is 1. The van der Waals surface area contributed by atoms with Crippen LogP contribution in [0.4, 0.5) is 0 Å². The van der Waals surface area contributed by atoms with E-state index in [-0.39, 0.29) is 4.87 Å². The monoisotopic (exact) mass is 234 g/mol. The maximum atomic E-state index is 11.3. The SMILES string of the molecule is NC(=O)c1cc(C2(Cl)CC2)n2ccccc12. The van der Waals surface area contributed by atoms with E-state index in [0.29, 0.717) is 5.56 Å². The highest BCUT2D eigenvalue weighted by atomic mass is 35.5. The van der Waals surface area contributed by atoms with Gasteiger partial charge in [-0.1, -0.05) is 6.07 Å². The molecule has 1 fully saturated rings. The molecule has 0 aliphatic heterocycles. The molecule has 3 rings (SSSR count). The fourth-order valence-electron chi connectivity index (χ4n) is 2.06. The first-order valence-corrected chi connectivity index (χ1v) is 5.59. The first-order chi connectivity index (χ1) is 7.62. The summed E-state index contributed by atoms with van der Waals surface area (Å²) >= 11 is 6.39. The van der Waals surface area contributed by atoms with Gasteiger partial charge in [-0.15, -0.1) is 11.6 Å². The van der Waals surface area contributed by atoms with Crippen molar-refractivity contribution >= 4 is 23.0 Å². The van der Waals surface area contributed by atoms with Gasteiger partial charge in [0.1, 0.15) is 0 Å². The molecule has 1 saturated carbocycles. The number of aromatic nitrogens is 1. The van der Waals surface area contributed by atoms with E-state index in [2.05, 4.69) is 0 Å². The minimum Gasteiger partial charge on any atom is -0.366 e. The van der Waals surface area contributed by atoms with Gasteiger partial charge < -0.3 is 10.1 Å². The Bertz CT molecular complexity index is 584. The number of alkyl halides is 1. The van der Waals surface area contributed by atoms with Crippen LogP contribution in [-0.4, -0.2) is 10.3 Å². The van der Waals surface area contributed by atoms with Crippen LogP contribution in [0.1, 0.15) is 28.9 Å². The number of fused-ring (bicyclic) bond motifs is 1. The summed E-state index contributed by atoms with van der Waals surface area (Å²) < 4.78 is 1.96. The van der Waals surface area contributed by atoms with E-state index < -0.39 is 5.91 Å². The van der Waals surface area contributed by atoms with Gasteiger partial charge in [-0.3, -0.25) is 4.79 Å². The Morgan fingerprint density at radius 1 is 1.44 bits per heavy atom. The second-order valence-corrected chi connectivity index (χ2v) is 4.95. The molecule has 2 aromatic rings. The Balaban J connectivity index is 2.34. The molecule has 0 bridgehead atoms. The normalized spacial score (nSPS) is 17.6. The standard InChI is InChI=1S/C12H11ClN2O/c13-12(4-5-12)10-7-8(11(14)16)9-3-1-2-6-15(9)10/h1-3,6-7H,4-5H2,(H2,14,16). The predicted molar refractivity (Wildman–Crippen MR) is 62.7 cm³/mol. The maximum absolute atomic E-state index is 11.3. The Kier molecular flexibility index (Phi) is 1.83. The lowest BCUT2D eigenvalue weighted by molar-refractivity contribution is 0.100. The van der Waals surface area contributed by atoms with E-state index in [1.165, 1.54) is 0 Å². The molecule has 16 heavy (non-hydrogen) atoms. The van der Waals surface area contributed by atoms with E-state index in [1.807, 2.05) is 34.9 Å². The Morgan fingerprint density at radius 2 is 2.19 bits per heavy atom. The average Bonchev–Trinajstić information content (AvgIpc) is 2.89. The molecule has 0 aromatic carbocycles. The molecule has 2 aromatic heterocycles. The van der Waals surface area contributed by atoms with Crippen LogP contribution in [0.3, 0.4) is 0 Å². The smallest absolute Gasteiger partial charge is 0.250 e. The number of hydrogen-bond donors (Lipinski definition) is 1. The Labute approximate surface area is 97.8 Å². The Hall–Kier alpha value is -1.48. The number of carbonyl (C=O) groups excluding carboxylic acids is 1. The zero-order valence-electron chi connectivity index (χ0n) is 8.61. The second kappa shape index (κ2) is 3.01. The van der Waals surface area contributed by atoms with Crippen molar-refractivity contribution in [1.29, 1.82) is 0 Å². The molecule has 2 N–H and O–H groups in total. The van der Waals surface area contributed by atoms with Crippen molar-refractivity contribution in [3.8, 4) is 0 Å². The summed E-state index contributed by atoms with van der Waals surface area (Å²) in [6, 6.07) is 7.51. The van der Waals surface area contributed by atoms with Crippen molar-refractivity contribution in [2.75, 3.05) is 0 Å². The number of amides is 1. The molecule has 0 atom stereocenters. The van der Waals surface area contributed by atoms with Gasteiger partial charge in [0, 0.05) is 11.9 Å². The quantitative estimate of drug-likeness (QED) is 0.797. The number of hydrogen-bond acceptors (Lipinski definition) is 1. The van der Waals surface area contributed by atoms with Crippen LogP contribution in [-0.2, 0) is 4.87 Å². The van der Waals surface area contributed by atoms with Gasteiger partial charge in [0.15, 0.2) is 0 Å². The summed E-state index contributed by atoms with van der Waals surface area (Å²) in [6.07, 6.45) is 3.82. The van der Waals surface area contributed by atoms with Gasteiger partial charge in [0.2, 0.25) is 0 Å². The van der Waals surface area contributed by atoms with Crippen molar-refractivity contribution in [2.24, 2.45) is 5.73 Å². The predicted octanol–water partition coefficient (Wildman–Crippen LogP) is 2.27. The minimum atomic E-state index is -0.407. The van der Waals surface area contributed by atoms with Crippen molar-refractivity contribution in [1.82, 2.24) is 4.40 Å². The largest absolute Gasteiger partial charge is 0.366 e. The molecule has 0 unspecified atom stereocenters. The van der Waals surface area contributed by atoms with Gasteiger partial charge >= 0.3 is 0 Å². The van der Waals surface area contributed by atoms with Crippen LogP contribution in [0, 0.1) is 0 Å². The highest BCUT2D eigenvalue weighted by Crippen LogP contribution is 2.52. The lowest BCUT2D eigenvalue weighted by atomic mass is 10.2. The van der Waals surface area contributed by atoms with Crippen molar-refractivity contribution < 1.29 is 4.79 Å². The van der Waals surface area contributed by atoms with Crippen LogP contribution < -0.4 is 5.73 Å². The third-order valence-electron chi connectivity index (χ3n) is 3.09. The highest BCUT2D eigenvalue weighted by Gasteiger charge is 2.44. The molecule has 0 saturated heterocycles. The molecule has 1 amide bonds. The molecule has 3 nitrogen and oxygen atoms in total. The van der Waals surface area contributed by atoms with Gasteiger partial charge in [0.05, 0.1) is 16.0 Å². The van der Waals surface area contributed by atoms with Gasteiger partial charge in [-0.2, -0.15) is 0 Å². The maximum Gasteiger partial charge on any atom is 0.250 e. The lowest BCUT2D eigenvalue weighted by Gasteiger charge is -2.06. The molecule has 0 spiro atoms. The van der Waals surface area contributed by atoms with Crippen LogP contribution in [0.25, 0.3) is 5.52 Å². The molecule has 4 heteroatoms. The fraction of sp³-hybridized carbons (Fsp3) is 0.250. The molecule has 0 radical (unpaired) electrons. The summed E-state index contributed by atoms with van der Waals surface area (Å²) in [5, 5.41) is 0. The highest BCUT2D eigenvalue weighted by molar-refractivity contribution is 6.26. The number of rotatable bonds is 2. The van der Waals surface area contributed by atoms with Crippen LogP contribution in [0.15, 0.2) is 30.5 Å². The Morgan fingerprint density at radius 3 is 2.81 bits per heavy atom. The zero-order chi connectivity index (χ0) is 11.3. The fourth-order valence-corrected chi connectivity index (χ4v) is 2.30. The zero-order valence-corrected chi connectivity index (χ0v) is 9.37. The topological polar surface area (TPSA) is 47.5 Å². The van der Waals surface area contributed by atoms with Gasteiger partial charge in [0.25, 0.3) is 5.91 Å². The van der Waals surface area contributed by atoms with Crippen LogP contribution in [0.5, 0.6) is 0 Å². The molecule has 1 aliphatic rings. The van der Waals surface area contributed by atoms with E-state index in [1.54, 1.807) is 0 Å². The molecular formula is C12H11ClN2O. The number of pyridine rings is 1. The van der Waals surface area contributed by atoms with E-state index in [9.17, 15) is 4.79 Å². The lowest BCUT2D eigenvalue weighted by Crippen LogP contribution is -2.10. The van der Waals surface area contributed by atoms with Crippen molar-refractivity contribution in [2.45, 2.75) is 17.7 Å².